The number of nitrogens with one attached hydrogen (secondary N) is 2. The molecular weight excluding hydrogens is 428 g/mol. The Labute approximate surface area is 196 Å². The summed E-state index contributed by atoms with van der Waals surface area (Å²) in [4.78, 5) is 27.3. The highest BCUT2D eigenvalue weighted by atomic mass is 16.5. The van der Waals surface area contributed by atoms with E-state index < -0.39 is 0 Å². The molecule has 0 saturated carbocycles. The van der Waals surface area contributed by atoms with E-state index in [0.29, 0.717) is 11.6 Å². The fourth-order valence-electron chi connectivity index (χ4n) is 4.38. The molecule has 0 bridgehead atoms. The van der Waals surface area contributed by atoms with Crippen LogP contribution in [-0.2, 0) is 4.74 Å². The lowest BCUT2D eigenvalue weighted by molar-refractivity contribution is 0.102. The number of H-pyrrole nitrogens is 1. The summed E-state index contributed by atoms with van der Waals surface area (Å²) in [5, 5.41) is 2.84. The Morgan fingerprint density at radius 1 is 1.00 bits per heavy atom. The number of hydrogen-bond acceptors (Lipinski definition) is 5. The second-order valence-electron chi connectivity index (χ2n) is 8.44. The lowest BCUT2D eigenvalue weighted by Gasteiger charge is -2.29. The molecule has 2 N–H and O–H groups in total. The Hall–Kier alpha value is -4.17. The molecule has 8 heteroatoms. The van der Waals surface area contributed by atoms with Gasteiger partial charge in [-0.3, -0.25) is 10.1 Å². The molecule has 0 aliphatic carbocycles. The van der Waals surface area contributed by atoms with E-state index in [1.54, 1.807) is 6.20 Å². The van der Waals surface area contributed by atoms with E-state index in [0.717, 1.165) is 59.8 Å². The second-order valence-corrected chi connectivity index (χ2v) is 8.44. The molecule has 34 heavy (non-hydrogen) atoms. The van der Waals surface area contributed by atoms with E-state index in [2.05, 4.69) is 55.5 Å². The molecule has 0 unspecified atom stereocenters. The smallest absolute Gasteiger partial charge is 0.278 e. The van der Waals surface area contributed by atoms with Crippen molar-refractivity contribution in [3.05, 3.63) is 78.2 Å². The Morgan fingerprint density at radius 3 is 2.68 bits per heavy atom. The molecule has 1 aliphatic rings. The first-order chi connectivity index (χ1) is 16.6. The minimum atomic E-state index is -0.305. The molecule has 1 saturated heterocycles. The average Bonchev–Trinajstić information content (AvgIpc) is 3.49. The Kier molecular flexibility index (Phi) is 5.00. The number of carbonyl (C=O) groups is 1. The molecule has 0 radical (unpaired) electrons. The Morgan fingerprint density at radius 2 is 1.82 bits per heavy atom. The van der Waals surface area contributed by atoms with E-state index in [-0.39, 0.29) is 5.91 Å². The van der Waals surface area contributed by atoms with Crippen molar-refractivity contribution < 1.29 is 9.53 Å². The lowest BCUT2D eigenvalue weighted by atomic mass is 10.0. The van der Waals surface area contributed by atoms with Gasteiger partial charge < -0.3 is 19.0 Å². The highest BCUT2D eigenvalue weighted by Crippen LogP contribution is 2.28. The largest absolute Gasteiger partial charge is 0.378 e. The molecule has 6 rings (SSSR count). The number of morpholine rings is 1. The number of nitrogens with zero attached hydrogens (tertiary/aromatic N) is 4. The SMILES string of the molecule is Cc1cccc2nc(C(=O)Nc3nc4cc(-c5cccc(N6CCOCC6)c5)ccc4[nH]3)cn12. The van der Waals surface area contributed by atoms with Gasteiger partial charge in [0.15, 0.2) is 0 Å². The van der Waals surface area contributed by atoms with Crippen LogP contribution >= 0.6 is 0 Å². The number of ether oxygens (including phenoxy) is 1. The topological polar surface area (TPSA) is 87.6 Å². The lowest BCUT2D eigenvalue weighted by Crippen LogP contribution is -2.36. The number of amides is 1. The van der Waals surface area contributed by atoms with Crippen molar-refractivity contribution in [2.45, 2.75) is 6.92 Å². The van der Waals surface area contributed by atoms with Crippen LogP contribution in [0.5, 0.6) is 0 Å². The van der Waals surface area contributed by atoms with Crippen molar-refractivity contribution >= 4 is 34.2 Å². The van der Waals surface area contributed by atoms with Gasteiger partial charge in [-0.1, -0.05) is 24.3 Å². The van der Waals surface area contributed by atoms with E-state index in [1.165, 1.54) is 5.69 Å². The van der Waals surface area contributed by atoms with Crippen LogP contribution in [-0.4, -0.2) is 51.6 Å². The number of aromatic amines is 1. The number of anilines is 2. The number of aryl methyl sites for hydroxylation is 1. The monoisotopic (exact) mass is 452 g/mol. The highest BCUT2D eigenvalue weighted by molar-refractivity contribution is 6.03. The summed E-state index contributed by atoms with van der Waals surface area (Å²) >= 11 is 0. The third-order valence-electron chi connectivity index (χ3n) is 6.20. The predicted octanol–water partition coefficient (Wildman–Crippen LogP) is 4.27. The number of imidazole rings is 2. The maximum Gasteiger partial charge on any atom is 0.278 e. The summed E-state index contributed by atoms with van der Waals surface area (Å²) in [7, 11) is 0. The molecule has 8 nitrogen and oxygen atoms in total. The van der Waals surface area contributed by atoms with Gasteiger partial charge in [-0.25, -0.2) is 9.97 Å². The molecule has 2 aromatic carbocycles. The number of carbonyl (C=O) groups excluding carboxylic acids is 1. The minimum absolute atomic E-state index is 0.305. The van der Waals surface area contributed by atoms with Crippen molar-refractivity contribution in [3.8, 4) is 11.1 Å². The zero-order valence-electron chi connectivity index (χ0n) is 18.8. The zero-order valence-corrected chi connectivity index (χ0v) is 18.8. The van der Waals surface area contributed by atoms with Gasteiger partial charge in [-0.15, -0.1) is 0 Å². The molecule has 0 spiro atoms. The summed E-state index contributed by atoms with van der Waals surface area (Å²) in [6.45, 7) is 5.29. The fraction of sp³-hybridized carbons (Fsp3) is 0.192. The third kappa shape index (κ3) is 3.78. The number of aromatic nitrogens is 4. The van der Waals surface area contributed by atoms with Crippen molar-refractivity contribution in [2.24, 2.45) is 0 Å². The van der Waals surface area contributed by atoms with Gasteiger partial charge in [0.05, 0.1) is 24.2 Å². The van der Waals surface area contributed by atoms with Crippen LogP contribution in [0.25, 0.3) is 27.8 Å². The second kappa shape index (κ2) is 8.31. The van der Waals surface area contributed by atoms with Crippen molar-refractivity contribution in [3.63, 3.8) is 0 Å². The highest BCUT2D eigenvalue weighted by Gasteiger charge is 2.15. The average molecular weight is 453 g/mol. The molecular formula is C26H24N6O2. The van der Waals surface area contributed by atoms with Gasteiger partial charge in [0.1, 0.15) is 11.3 Å². The zero-order chi connectivity index (χ0) is 23.1. The fourth-order valence-corrected chi connectivity index (χ4v) is 4.38. The first-order valence-electron chi connectivity index (χ1n) is 11.3. The summed E-state index contributed by atoms with van der Waals surface area (Å²) in [6.07, 6.45) is 1.74. The number of hydrogen-bond donors (Lipinski definition) is 2. The van der Waals surface area contributed by atoms with Crippen LogP contribution in [0.2, 0.25) is 0 Å². The van der Waals surface area contributed by atoms with Crippen molar-refractivity contribution in [2.75, 3.05) is 36.5 Å². The third-order valence-corrected chi connectivity index (χ3v) is 6.20. The van der Waals surface area contributed by atoms with Crippen LogP contribution in [0.1, 0.15) is 16.2 Å². The van der Waals surface area contributed by atoms with Gasteiger partial charge in [0, 0.05) is 30.7 Å². The Bertz CT molecular complexity index is 1510. The normalized spacial score (nSPS) is 14.1. The van der Waals surface area contributed by atoms with Crippen LogP contribution in [0, 0.1) is 6.92 Å². The molecule has 4 heterocycles. The van der Waals surface area contributed by atoms with Crippen LogP contribution in [0.4, 0.5) is 11.6 Å². The van der Waals surface area contributed by atoms with Crippen molar-refractivity contribution in [1.82, 2.24) is 19.4 Å². The standard InChI is InChI=1S/C26H24N6O2/c1-17-4-2-7-24-27-23(16-32(17)24)25(33)30-26-28-21-9-8-19(15-22(21)29-26)18-5-3-6-20(14-18)31-10-12-34-13-11-31/h2-9,14-16H,10-13H2,1H3,(H2,28,29,30,33). The van der Waals surface area contributed by atoms with Gasteiger partial charge in [-0.2, -0.15) is 0 Å². The van der Waals surface area contributed by atoms with E-state index in [1.807, 2.05) is 41.7 Å². The molecule has 1 fully saturated rings. The summed E-state index contributed by atoms with van der Waals surface area (Å²) in [6, 6.07) is 20.4. The maximum absolute atomic E-state index is 12.8. The Balaban J connectivity index is 1.25. The van der Waals surface area contributed by atoms with Crippen LogP contribution in [0.15, 0.2) is 66.9 Å². The van der Waals surface area contributed by atoms with Crippen molar-refractivity contribution in [1.29, 1.82) is 0 Å². The molecule has 1 aliphatic heterocycles. The molecule has 170 valence electrons. The quantitative estimate of drug-likeness (QED) is 0.425. The van der Waals surface area contributed by atoms with Gasteiger partial charge in [-0.05, 0) is 54.4 Å². The van der Waals surface area contributed by atoms with Gasteiger partial charge >= 0.3 is 0 Å². The minimum Gasteiger partial charge on any atom is -0.378 e. The summed E-state index contributed by atoms with van der Waals surface area (Å²) < 4.78 is 7.37. The number of benzene rings is 2. The molecule has 3 aromatic heterocycles. The maximum atomic E-state index is 12.8. The number of pyridine rings is 1. The van der Waals surface area contributed by atoms with Gasteiger partial charge in [0.2, 0.25) is 5.95 Å². The first-order valence-corrected chi connectivity index (χ1v) is 11.3. The van der Waals surface area contributed by atoms with E-state index >= 15 is 0 Å². The summed E-state index contributed by atoms with van der Waals surface area (Å²) in [5.74, 6) is 0.0913. The molecule has 5 aromatic rings. The van der Waals surface area contributed by atoms with Crippen LogP contribution in [0.3, 0.4) is 0 Å². The summed E-state index contributed by atoms with van der Waals surface area (Å²) in [5.41, 5.74) is 7.12. The van der Waals surface area contributed by atoms with Gasteiger partial charge in [0.25, 0.3) is 5.91 Å². The predicted molar refractivity (Wildman–Crippen MR) is 132 cm³/mol. The van der Waals surface area contributed by atoms with E-state index in [4.69, 9.17) is 4.74 Å². The first kappa shape index (κ1) is 20.4. The molecule has 1 amide bonds. The number of rotatable bonds is 4. The van der Waals surface area contributed by atoms with Crippen LogP contribution < -0.4 is 10.2 Å². The van der Waals surface area contributed by atoms with E-state index in [9.17, 15) is 4.79 Å². The molecule has 0 atom stereocenters. The number of fused-ring (bicyclic) bond motifs is 2.